The second-order valence-corrected chi connectivity index (χ2v) is 15.2. The zero-order valence-corrected chi connectivity index (χ0v) is 35.3. The van der Waals surface area contributed by atoms with Crippen molar-refractivity contribution in [3.63, 3.8) is 0 Å². The van der Waals surface area contributed by atoms with E-state index in [0.29, 0.717) is 84.8 Å². The predicted octanol–water partition coefficient (Wildman–Crippen LogP) is 1.26. The summed E-state index contributed by atoms with van der Waals surface area (Å²) in [7, 11) is 0. The van der Waals surface area contributed by atoms with Gasteiger partial charge < -0.3 is 55.7 Å². The highest BCUT2D eigenvalue weighted by atomic mass is 16.2. The van der Waals surface area contributed by atoms with Crippen LogP contribution in [0, 0.1) is 0 Å². The van der Waals surface area contributed by atoms with Gasteiger partial charge in [0.25, 0.3) is 0 Å². The highest BCUT2D eigenvalue weighted by Gasteiger charge is 2.28. The lowest BCUT2D eigenvalue weighted by atomic mass is 9.87. The van der Waals surface area contributed by atoms with Crippen LogP contribution in [0.2, 0.25) is 0 Å². The molecule has 0 aliphatic carbocycles. The van der Waals surface area contributed by atoms with Gasteiger partial charge >= 0.3 is 24.1 Å². The van der Waals surface area contributed by atoms with Crippen molar-refractivity contribution in [1.29, 1.82) is 0 Å². The summed E-state index contributed by atoms with van der Waals surface area (Å²) in [4.78, 5) is 76.2. The number of azo groups is 1. The van der Waals surface area contributed by atoms with Crippen LogP contribution in [0.5, 0.6) is 0 Å². The number of carbonyl (C=O) groups excluding carboxylic acids is 4. The van der Waals surface area contributed by atoms with Crippen LogP contribution >= 0.6 is 0 Å². The number of nitrogens with zero attached hydrogens (tertiary/aromatic N) is 8. The smallest absolute Gasteiger partial charge is 0.324 e. The van der Waals surface area contributed by atoms with E-state index in [1.165, 1.54) is 0 Å². The number of nitrogens with two attached hydrogens (primary N) is 6. The molecule has 2 aromatic heterocycles. The Kier molecular flexibility index (Phi) is 12.9. The molecule has 0 spiro atoms. The Morgan fingerprint density at radius 1 is 0.485 bits per heavy atom. The fourth-order valence-electron chi connectivity index (χ4n) is 7.87. The van der Waals surface area contributed by atoms with Gasteiger partial charge in [-0.25, -0.2) is 49.1 Å². The van der Waals surface area contributed by atoms with Gasteiger partial charge in [0.1, 0.15) is 53.0 Å². The summed E-state index contributed by atoms with van der Waals surface area (Å²) >= 11 is 0. The maximum atomic E-state index is 12.3. The average Bonchev–Trinajstić information content (AvgIpc) is 3.29. The van der Waals surface area contributed by atoms with Crippen LogP contribution in [0.25, 0.3) is 21.9 Å². The van der Waals surface area contributed by atoms with Crippen LogP contribution < -0.4 is 66.3 Å². The second kappa shape index (κ2) is 19.2. The number of urea groups is 4. The summed E-state index contributed by atoms with van der Waals surface area (Å²) in [5.41, 5.74) is 42.8. The van der Waals surface area contributed by atoms with Crippen LogP contribution in [0.15, 0.2) is 70.9 Å². The summed E-state index contributed by atoms with van der Waals surface area (Å²) in [5, 5.41) is 26.1. The largest absolute Gasteiger partial charge is 0.398 e. The van der Waals surface area contributed by atoms with Crippen molar-refractivity contribution in [2.45, 2.75) is 64.2 Å². The molecule has 338 valence electrons. The molecule has 2 aliphatic heterocycles. The van der Waals surface area contributed by atoms with E-state index in [1.54, 1.807) is 12.1 Å². The first-order valence-electron chi connectivity index (χ1n) is 20.7. The maximum Gasteiger partial charge on any atom is 0.324 e. The molecular formula is C42H46N20O4. The van der Waals surface area contributed by atoms with E-state index in [9.17, 15) is 19.2 Å². The Morgan fingerprint density at radius 2 is 0.879 bits per heavy atom. The van der Waals surface area contributed by atoms with Crippen LogP contribution in [0.3, 0.4) is 0 Å². The Morgan fingerprint density at radius 3 is 1.32 bits per heavy atom. The Hall–Kier alpha value is -8.32. The van der Waals surface area contributed by atoms with Gasteiger partial charge in [-0.05, 0) is 39.3 Å². The molecule has 0 atom stereocenters. The fraction of sp³-hybridized carbons (Fsp3) is 0.238. The van der Waals surface area contributed by atoms with Crippen molar-refractivity contribution >= 4 is 57.6 Å². The number of hydrogen-bond acceptors (Lipinski definition) is 18. The number of rotatable bonds is 15. The van der Waals surface area contributed by atoms with Crippen LogP contribution in [-0.2, 0) is 51.9 Å². The minimum Gasteiger partial charge on any atom is -0.398 e. The highest BCUT2D eigenvalue weighted by Crippen LogP contribution is 2.44. The lowest BCUT2D eigenvalue weighted by Crippen LogP contribution is -2.62. The van der Waals surface area contributed by atoms with Crippen molar-refractivity contribution in [1.82, 2.24) is 61.8 Å². The molecule has 2 saturated heterocycles. The van der Waals surface area contributed by atoms with Gasteiger partial charge in [-0.2, -0.15) is 0 Å². The number of amides is 8. The van der Waals surface area contributed by atoms with Crippen LogP contribution in [0.1, 0.15) is 57.2 Å². The number of nitrogens with one attached hydrogen (secondary N) is 6. The van der Waals surface area contributed by atoms with Crippen molar-refractivity contribution in [2.75, 3.05) is 11.5 Å². The number of carbonyl (C=O) groups is 4. The number of hydrogen-bond donors (Lipinski definition) is 12. The quantitative estimate of drug-likeness (QED) is 0.0510. The molecule has 4 heterocycles. The third-order valence-electron chi connectivity index (χ3n) is 10.7. The van der Waals surface area contributed by atoms with E-state index in [0.717, 1.165) is 0 Å². The highest BCUT2D eigenvalue weighted by molar-refractivity contribution is 6.10. The molecule has 0 radical (unpaired) electrons. The molecule has 0 saturated carbocycles. The van der Waals surface area contributed by atoms with E-state index in [1.807, 2.05) is 48.5 Å². The number of fused-ring (bicyclic) bond motifs is 1. The predicted molar refractivity (Wildman–Crippen MR) is 241 cm³/mol. The Balaban J connectivity index is 1.27. The van der Waals surface area contributed by atoms with Gasteiger partial charge in [-0.15, -0.1) is 10.2 Å². The normalized spacial score (nSPS) is 14.4. The van der Waals surface area contributed by atoms with Gasteiger partial charge in [-0.1, -0.05) is 54.6 Å². The monoisotopic (exact) mass is 894 g/mol. The first-order chi connectivity index (χ1) is 31.9. The maximum absolute atomic E-state index is 12.3. The fourth-order valence-corrected chi connectivity index (χ4v) is 7.87. The topological polar surface area (TPSA) is 399 Å². The van der Waals surface area contributed by atoms with Gasteiger partial charge in [0.2, 0.25) is 0 Å². The molecule has 8 amide bonds. The number of anilines is 2. The molecule has 0 bridgehead atoms. The SMILES string of the molecule is NCc1nc(CN)nc(Cc2cccc(Cc3nc(CN)nc(CN)n3)c2/N=N\c2c(N)ccc3ccc(-c4c(CC5NC(=O)NC(=O)N5)cccc4CC4NC(=O)NC(=O)N4)c(N)c23)n1. The van der Waals surface area contributed by atoms with E-state index in [-0.39, 0.29) is 68.9 Å². The molecule has 2 fully saturated rings. The molecule has 24 nitrogen and oxygen atoms in total. The Bertz CT molecular complexity index is 2720. The molecule has 66 heavy (non-hydrogen) atoms. The number of aromatic nitrogens is 6. The zero-order chi connectivity index (χ0) is 46.5. The van der Waals surface area contributed by atoms with Crippen molar-refractivity contribution < 1.29 is 19.2 Å². The van der Waals surface area contributed by atoms with Crippen molar-refractivity contribution in [3.05, 3.63) is 118 Å². The van der Waals surface area contributed by atoms with E-state index in [4.69, 9.17) is 44.6 Å². The van der Waals surface area contributed by atoms with Crippen molar-refractivity contribution in [2.24, 2.45) is 33.2 Å². The minimum absolute atomic E-state index is 0.0770. The lowest BCUT2D eigenvalue weighted by Gasteiger charge is -2.28. The summed E-state index contributed by atoms with van der Waals surface area (Å²) < 4.78 is 0. The van der Waals surface area contributed by atoms with E-state index in [2.05, 4.69) is 61.8 Å². The van der Waals surface area contributed by atoms with Gasteiger partial charge in [0.15, 0.2) is 0 Å². The van der Waals surface area contributed by atoms with Gasteiger partial charge in [-0.3, -0.25) is 10.6 Å². The third kappa shape index (κ3) is 9.75. The Labute approximate surface area is 375 Å². The number of benzene rings is 4. The molecule has 24 heteroatoms. The van der Waals surface area contributed by atoms with E-state index < -0.39 is 36.5 Å². The first-order valence-corrected chi connectivity index (χ1v) is 20.7. The van der Waals surface area contributed by atoms with Crippen LogP contribution in [-0.4, -0.2) is 66.4 Å². The summed E-state index contributed by atoms with van der Waals surface area (Å²) in [6, 6.07) is 15.6. The minimum atomic E-state index is -0.794. The number of nitrogen functional groups attached to an aromatic ring is 2. The molecular weight excluding hydrogens is 849 g/mol. The average molecular weight is 895 g/mol. The lowest BCUT2D eigenvalue weighted by molar-refractivity contribution is 0.207. The molecule has 4 aromatic carbocycles. The zero-order valence-electron chi connectivity index (χ0n) is 35.3. The first kappa shape index (κ1) is 44.3. The summed E-state index contributed by atoms with van der Waals surface area (Å²) in [6.45, 7) is 0.308. The molecule has 2 aliphatic rings. The molecule has 18 N–H and O–H groups in total. The van der Waals surface area contributed by atoms with Gasteiger partial charge in [0.05, 0.1) is 37.6 Å². The molecule has 8 rings (SSSR count). The second-order valence-electron chi connectivity index (χ2n) is 15.2. The molecule has 6 aromatic rings. The van der Waals surface area contributed by atoms with E-state index >= 15 is 0 Å². The summed E-state index contributed by atoms with van der Waals surface area (Å²) in [6.07, 6.45) is -0.938. The summed E-state index contributed by atoms with van der Waals surface area (Å²) in [5.74, 6) is 2.34. The number of imide groups is 2. The molecule has 0 unspecified atom stereocenters. The van der Waals surface area contributed by atoms with Gasteiger partial charge in [0, 0.05) is 42.3 Å². The van der Waals surface area contributed by atoms with Crippen LogP contribution in [0.4, 0.5) is 41.9 Å². The standard InChI is InChI=1S/C42H46N20O4/c43-15-30-49-26(50-31(16-44)53-30)13-22-5-2-6-23(14-27-51-32(17-45)54-33(18-46)52-27)37(22)61-62-38-25(47)10-8-19-7-9-24(36(48)35(19)38)34-20(11-28-55-39(63)59-40(64)56-28)3-1-4-21(34)12-29-57-41(65)60-42(66)58-29/h1-10,28-29H,11-18,43-48H2,(H3,55,56,59,63,64)(H3,57,58,60,65,66)/b62-61-. The van der Waals surface area contributed by atoms with Crippen molar-refractivity contribution in [3.8, 4) is 11.1 Å². The third-order valence-corrected chi connectivity index (χ3v) is 10.7.